The van der Waals surface area contributed by atoms with Crippen molar-refractivity contribution < 1.29 is 24.6 Å². The second-order valence-electron chi connectivity index (χ2n) is 4.88. The summed E-state index contributed by atoms with van der Waals surface area (Å²) >= 11 is 0. The van der Waals surface area contributed by atoms with E-state index in [1.165, 1.54) is 0 Å². The molecule has 2 aromatic carbocycles. The zero-order valence-corrected chi connectivity index (χ0v) is 12.5. The molecule has 0 amide bonds. The fraction of sp³-hybridized carbons (Fsp3) is 0. The summed E-state index contributed by atoms with van der Waals surface area (Å²) in [6.07, 6.45) is 2.32. The van der Waals surface area contributed by atoms with E-state index in [2.05, 4.69) is 0 Å². The molecule has 0 heterocycles. The molecule has 0 aromatic heterocycles. The van der Waals surface area contributed by atoms with Crippen LogP contribution in [0.5, 0.6) is 0 Å². The summed E-state index contributed by atoms with van der Waals surface area (Å²) in [6.45, 7) is 0. The molecule has 2 aromatic rings. The molecule has 0 spiro atoms. The van der Waals surface area contributed by atoms with Crippen LogP contribution in [-0.2, 0) is 14.4 Å². The van der Waals surface area contributed by atoms with Crippen LogP contribution in [0.1, 0.15) is 11.1 Å². The number of carboxylic acid groups (broad SMARTS) is 2. The molecule has 0 saturated carbocycles. The van der Waals surface area contributed by atoms with E-state index in [0.717, 1.165) is 12.2 Å². The number of aliphatic carboxylic acids is 2. The largest absolute Gasteiger partial charge is 0.478 e. The molecule has 24 heavy (non-hydrogen) atoms. The Hall–Kier alpha value is -3.47. The first-order valence-corrected chi connectivity index (χ1v) is 7.04. The van der Waals surface area contributed by atoms with Crippen LogP contribution < -0.4 is 0 Å². The summed E-state index contributed by atoms with van der Waals surface area (Å²) in [5, 5.41) is 18.6. The summed E-state index contributed by atoms with van der Waals surface area (Å²) in [5.41, 5.74) is -0.225. The summed E-state index contributed by atoms with van der Waals surface area (Å²) in [7, 11) is 0. The Labute approximate surface area is 138 Å². The highest BCUT2D eigenvalue weighted by molar-refractivity contribution is 6.35. The maximum absolute atomic E-state index is 12.4. The fourth-order valence-corrected chi connectivity index (χ4v) is 2.03. The quantitative estimate of drug-likeness (QED) is 0.485. The van der Waals surface area contributed by atoms with Gasteiger partial charge in [0.15, 0.2) is 0 Å². The monoisotopic (exact) mass is 322 g/mol. The van der Waals surface area contributed by atoms with Gasteiger partial charge in [-0.05, 0) is 23.3 Å². The highest BCUT2D eigenvalue weighted by Gasteiger charge is 2.25. The molecule has 0 saturated heterocycles. The number of hydrogen-bond acceptors (Lipinski definition) is 3. The van der Waals surface area contributed by atoms with E-state index in [1.54, 1.807) is 60.7 Å². The van der Waals surface area contributed by atoms with E-state index < -0.39 is 28.9 Å². The van der Waals surface area contributed by atoms with Crippen LogP contribution >= 0.6 is 0 Å². The second kappa shape index (κ2) is 7.69. The van der Waals surface area contributed by atoms with Crippen molar-refractivity contribution in [1.29, 1.82) is 0 Å². The first kappa shape index (κ1) is 16.9. The highest BCUT2D eigenvalue weighted by atomic mass is 16.4. The lowest BCUT2D eigenvalue weighted by Crippen LogP contribution is -2.19. The third-order valence-electron chi connectivity index (χ3n) is 3.17. The smallest absolute Gasteiger partial charge is 0.339 e. The van der Waals surface area contributed by atoms with E-state index in [4.69, 9.17) is 0 Å². The first-order chi connectivity index (χ1) is 11.5. The van der Waals surface area contributed by atoms with Gasteiger partial charge in [-0.1, -0.05) is 60.7 Å². The second-order valence-corrected chi connectivity index (χ2v) is 4.88. The molecule has 0 unspecified atom stereocenters. The lowest BCUT2D eigenvalue weighted by atomic mass is 9.99. The molecule has 0 atom stereocenters. The lowest BCUT2D eigenvalue weighted by molar-refractivity contribution is -0.135. The average molecular weight is 322 g/mol. The van der Waals surface area contributed by atoms with Crippen molar-refractivity contribution in [2.24, 2.45) is 0 Å². The SMILES string of the molecule is O=C(O)C(=Cc1ccccc1)C(=O)C(=Cc1ccccc1)C(=O)O. The Bertz CT molecular complexity index is 748. The third kappa shape index (κ3) is 4.27. The number of hydrogen-bond donors (Lipinski definition) is 2. The van der Waals surface area contributed by atoms with Gasteiger partial charge < -0.3 is 10.2 Å². The molecule has 2 rings (SSSR count). The topological polar surface area (TPSA) is 91.7 Å². The molecule has 120 valence electrons. The molecular weight excluding hydrogens is 308 g/mol. The van der Waals surface area contributed by atoms with Gasteiger partial charge in [0, 0.05) is 0 Å². The van der Waals surface area contributed by atoms with Crippen molar-refractivity contribution in [3.63, 3.8) is 0 Å². The molecule has 0 bridgehead atoms. The minimum absolute atomic E-state index is 0.493. The van der Waals surface area contributed by atoms with Gasteiger partial charge in [0.25, 0.3) is 0 Å². The van der Waals surface area contributed by atoms with Crippen LogP contribution in [0.25, 0.3) is 12.2 Å². The first-order valence-electron chi connectivity index (χ1n) is 7.04. The van der Waals surface area contributed by atoms with Crippen LogP contribution in [0, 0.1) is 0 Å². The summed E-state index contributed by atoms with van der Waals surface area (Å²) in [4.78, 5) is 35.3. The van der Waals surface area contributed by atoms with Gasteiger partial charge in [0.05, 0.1) is 0 Å². The van der Waals surface area contributed by atoms with Crippen LogP contribution in [-0.4, -0.2) is 27.9 Å². The number of ketones is 1. The number of rotatable bonds is 6. The van der Waals surface area contributed by atoms with Crippen LogP contribution in [0.15, 0.2) is 71.8 Å². The van der Waals surface area contributed by atoms with Gasteiger partial charge in [-0.2, -0.15) is 0 Å². The number of Topliss-reactive ketones (excluding diaryl/α,β-unsaturated/α-hetero) is 1. The van der Waals surface area contributed by atoms with Crippen molar-refractivity contribution in [3.8, 4) is 0 Å². The zero-order chi connectivity index (χ0) is 17.5. The van der Waals surface area contributed by atoms with Crippen LogP contribution in [0.4, 0.5) is 0 Å². The van der Waals surface area contributed by atoms with Crippen molar-refractivity contribution >= 4 is 29.9 Å². The standard InChI is InChI=1S/C19H14O5/c20-17(15(18(21)22)11-13-7-3-1-4-8-13)16(19(23)24)12-14-9-5-2-6-10-14/h1-12H,(H,21,22)(H,23,24). The molecule has 5 heteroatoms. The summed E-state index contributed by atoms with van der Waals surface area (Å²) in [6, 6.07) is 16.7. The third-order valence-corrected chi connectivity index (χ3v) is 3.17. The Balaban J connectivity index is 2.47. The Morgan fingerprint density at radius 3 is 1.25 bits per heavy atom. The van der Waals surface area contributed by atoms with E-state index in [0.29, 0.717) is 11.1 Å². The Kier molecular flexibility index (Phi) is 5.41. The predicted molar refractivity (Wildman–Crippen MR) is 89.1 cm³/mol. The van der Waals surface area contributed by atoms with Gasteiger partial charge >= 0.3 is 11.9 Å². The molecule has 0 aliphatic carbocycles. The molecule has 0 radical (unpaired) electrons. The lowest BCUT2D eigenvalue weighted by Gasteiger charge is -2.04. The number of carbonyl (C=O) groups is 3. The van der Waals surface area contributed by atoms with E-state index in [1.807, 2.05) is 0 Å². The number of benzene rings is 2. The molecule has 0 aliphatic rings. The molecule has 0 aliphatic heterocycles. The van der Waals surface area contributed by atoms with Gasteiger partial charge in [-0.25, -0.2) is 9.59 Å². The minimum atomic E-state index is -1.48. The summed E-state index contributed by atoms with van der Waals surface area (Å²) in [5.74, 6) is -4.02. The number of carbonyl (C=O) groups excluding carboxylic acids is 1. The maximum atomic E-state index is 12.4. The van der Waals surface area contributed by atoms with Gasteiger partial charge in [0.1, 0.15) is 11.1 Å². The molecule has 5 nitrogen and oxygen atoms in total. The molecule has 2 N–H and O–H groups in total. The van der Waals surface area contributed by atoms with Gasteiger partial charge in [-0.15, -0.1) is 0 Å². The normalized spacial score (nSPS) is 11.8. The number of carboxylic acids is 2. The van der Waals surface area contributed by atoms with E-state index in [-0.39, 0.29) is 0 Å². The molecular formula is C19H14O5. The van der Waals surface area contributed by atoms with Crippen LogP contribution in [0.2, 0.25) is 0 Å². The maximum Gasteiger partial charge on any atom is 0.339 e. The van der Waals surface area contributed by atoms with E-state index >= 15 is 0 Å². The van der Waals surface area contributed by atoms with Crippen molar-refractivity contribution in [2.75, 3.05) is 0 Å². The Morgan fingerprint density at radius 2 is 0.958 bits per heavy atom. The van der Waals surface area contributed by atoms with Gasteiger partial charge in [-0.3, -0.25) is 4.79 Å². The van der Waals surface area contributed by atoms with Crippen molar-refractivity contribution in [3.05, 3.63) is 82.9 Å². The zero-order valence-electron chi connectivity index (χ0n) is 12.5. The minimum Gasteiger partial charge on any atom is -0.478 e. The van der Waals surface area contributed by atoms with Crippen LogP contribution in [0.3, 0.4) is 0 Å². The fourth-order valence-electron chi connectivity index (χ4n) is 2.03. The van der Waals surface area contributed by atoms with E-state index in [9.17, 15) is 24.6 Å². The molecule has 0 fully saturated rings. The highest BCUT2D eigenvalue weighted by Crippen LogP contribution is 2.15. The van der Waals surface area contributed by atoms with Gasteiger partial charge in [0.2, 0.25) is 5.78 Å². The average Bonchev–Trinajstić information content (AvgIpc) is 2.58. The van der Waals surface area contributed by atoms with Crippen molar-refractivity contribution in [1.82, 2.24) is 0 Å². The predicted octanol–water partition coefficient (Wildman–Crippen LogP) is 2.89. The Morgan fingerprint density at radius 1 is 0.625 bits per heavy atom. The summed E-state index contributed by atoms with van der Waals surface area (Å²) < 4.78 is 0. The van der Waals surface area contributed by atoms with Crippen molar-refractivity contribution in [2.45, 2.75) is 0 Å².